The third kappa shape index (κ3) is 4.66. The van der Waals surface area contributed by atoms with Gasteiger partial charge in [-0.1, -0.05) is 0 Å². The number of hydrogen-bond donors (Lipinski definition) is 2. The van der Waals surface area contributed by atoms with E-state index < -0.39 is 12.8 Å². The molecule has 0 bridgehead atoms. The van der Waals surface area contributed by atoms with Gasteiger partial charge < -0.3 is 19.7 Å². The van der Waals surface area contributed by atoms with E-state index in [2.05, 4.69) is 9.47 Å². The maximum Gasteiger partial charge on any atom is 0.407 e. The van der Waals surface area contributed by atoms with Crippen LogP contribution in [0, 0.1) is 0 Å². The standard InChI is InChI=1S/C5H11O5/c1-2-9-5(7,8)10-4-3-6/h7-8H,2-4H2,1H3. The van der Waals surface area contributed by atoms with Gasteiger partial charge in [-0.05, 0) is 6.92 Å². The van der Waals surface area contributed by atoms with Crippen LogP contribution in [0.3, 0.4) is 0 Å². The summed E-state index contributed by atoms with van der Waals surface area (Å²) in [6, 6.07) is 0. The zero-order valence-corrected chi connectivity index (χ0v) is 5.74. The molecule has 0 aliphatic rings. The summed E-state index contributed by atoms with van der Waals surface area (Å²) in [7, 11) is 0. The normalized spacial score (nSPS) is 12.0. The first kappa shape index (κ1) is 9.80. The molecule has 1 radical (unpaired) electrons. The van der Waals surface area contributed by atoms with Gasteiger partial charge in [0.05, 0.1) is 13.2 Å². The highest BCUT2D eigenvalue weighted by atomic mass is 16.9. The fraction of sp³-hybridized carbons (Fsp3) is 1.00. The van der Waals surface area contributed by atoms with Gasteiger partial charge in [0.2, 0.25) is 0 Å². The number of aliphatic hydroxyl groups is 2. The quantitative estimate of drug-likeness (QED) is 0.497. The van der Waals surface area contributed by atoms with E-state index in [4.69, 9.17) is 10.2 Å². The predicted molar refractivity (Wildman–Crippen MR) is 30.3 cm³/mol. The van der Waals surface area contributed by atoms with Crippen molar-refractivity contribution in [1.29, 1.82) is 0 Å². The Morgan fingerprint density at radius 2 is 2.00 bits per heavy atom. The van der Waals surface area contributed by atoms with Crippen LogP contribution in [-0.2, 0) is 14.6 Å². The molecule has 2 N–H and O–H groups in total. The zero-order chi connectivity index (χ0) is 8.04. The lowest BCUT2D eigenvalue weighted by molar-refractivity contribution is -0.470. The molecule has 0 fully saturated rings. The van der Waals surface area contributed by atoms with Crippen LogP contribution in [0.4, 0.5) is 0 Å². The first-order chi connectivity index (χ1) is 4.62. The highest BCUT2D eigenvalue weighted by Crippen LogP contribution is 2.02. The Labute approximate surface area is 58.8 Å². The summed E-state index contributed by atoms with van der Waals surface area (Å²) in [5.74, 6) is 0. The van der Waals surface area contributed by atoms with Crippen molar-refractivity contribution in [3.05, 3.63) is 0 Å². The van der Waals surface area contributed by atoms with Crippen molar-refractivity contribution >= 4 is 0 Å². The van der Waals surface area contributed by atoms with Crippen LogP contribution in [0.25, 0.3) is 0 Å². The van der Waals surface area contributed by atoms with Crippen LogP contribution in [0.2, 0.25) is 0 Å². The Kier molecular flexibility index (Phi) is 4.50. The van der Waals surface area contributed by atoms with E-state index in [1.54, 1.807) is 6.92 Å². The van der Waals surface area contributed by atoms with Crippen LogP contribution < -0.4 is 0 Å². The largest absolute Gasteiger partial charge is 0.407 e. The summed E-state index contributed by atoms with van der Waals surface area (Å²) in [4.78, 5) is 0. The van der Waals surface area contributed by atoms with E-state index in [9.17, 15) is 5.11 Å². The summed E-state index contributed by atoms with van der Waals surface area (Å²) in [5.41, 5.74) is 0. The van der Waals surface area contributed by atoms with Crippen molar-refractivity contribution in [3.63, 3.8) is 0 Å². The minimum atomic E-state index is -2.60. The molecule has 0 aliphatic carbocycles. The molecule has 5 nitrogen and oxygen atoms in total. The van der Waals surface area contributed by atoms with E-state index in [0.29, 0.717) is 0 Å². The smallest absolute Gasteiger partial charge is 0.319 e. The Hall–Kier alpha value is -0.200. The predicted octanol–water partition coefficient (Wildman–Crippen LogP) is -0.934. The van der Waals surface area contributed by atoms with Crippen molar-refractivity contribution in [1.82, 2.24) is 0 Å². The average molecular weight is 151 g/mol. The molecule has 0 spiro atoms. The molecule has 0 aromatic carbocycles. The lowest BCUT2D eigenvalue weighted by atomic mass is 10.8. The second-order valence-electron chi connectivity index (χ2n) is 1.53. The van der Waals surface area contributed by atoms with Crippen LogP contribution in [0.15, 0.2) is 0 Å². The zero-order valence-electron chi connectivity index (χ0n) is 5.74. The topological polar surface area (TPSA) is 78.8 Å². The second-order valence-corrected chi connectivity index (χ2v) is 1.53. The molecule has 0 aromatic heterocycles. The van der Waals surface area contributed by atoms with Crippen molar-refractivity contribution in [2.45, 2.75) is 13.1 Å². The SMILES string of the molecule is CCOC(O)(O)OCC[O]. The molecule has 0 amide bonds. The van der Waals surface area contributed by atoms with Gasteiger partial charge in [-0.2, -0.15) is 0 Å². The summed E-state index contributed by atoms with van der Waals surface area (Å²) < 4.78 is 8.48. The van der Waals surface area contributed by atoms with Crippen LogP contribution in [-0.4, -0.2) is 36.2 Å². The molecule has 0 saturated heterocycles. The average Bonchev–Trinajstić information content (AvgIpc) is 1.84. The number of hydrogen-bond acceptors (Lipinski definition) is 4. The molecule has 0 rings (SSSR count). The van der Waals surface area contributed by atoms with Crippen molar-refractivity contribution in [2.75, 3.05) is 19.8 Å². The fourth-order valence-corrected chi connectivity index (χ4v) is 0.404. The fourth-order valence-electron chi connectivity index (χ4n) is 0.404. The van der Waals surface area contributed by atoms with Gasteiger partial charge in [0, 0.05) is 0 Å². The summed E-state index contributed by atoms with van der Waals surface area (Å²) in [6.45, 7) is 0.858. The van der Waals surface area contributed by atoms with Gasteiger partial charge in [-0.3, -0.25) is 0 Å². The minimum Gasteiger partial charge on any atom is -0.319 e. The Balaban J connectivity index is 3.42. The van der Waals surface area contributed by atoms with Crippen LogP contribution in [0.1, 0.15) is 6.92 Å². The molecule has 0 heterocycles. The molecule has 61 valence electrons. The molecule has 0 atom stereocenters. The van der Waals surface area contributed by atoms with Gasteiger partial charge in [0.1, 0.15) is 6.61 Å². The van der Waals surface area contributed by atoms with E-state index in [-0.39, 0.29) is 13.2 Å². The Morgan fingerprint density at radius 1 is 1.40 bits per heavy atom. The van der Waals surface area contributed by atoms with Gasteiger partial charge >= 0.3 is 6.16 Å². The molecule has 5 heteroatoms. The Morgan fingerprint density at radius 3 is 2.40 bits per heavy atom. The first-order valence-electron chi connectivity index (χ1n) is 2.93. The van der Waals surface area contributed by atoms with E-state index in [1.807, 2.05) is 0 Å². The highest BCUT2D eigenvalue weighted by molar-refractivity contribution is 4.30. The maximum atomic E-state index is 9.78. The van der Waals surface area contributed by atoms with E-state index in [0.717, 1.165) is 0 Å². The lowest BCUT2D eigenvalue weighted by Gasteiger charge is -2.19. The monoisotopic (exact) mass is 151 g/mol. The third-order valence-corrected chi connectivity index (χ3v) is 0.706. The number of rotatable bonds is 5. The van der Waals surface area contributed by atoms with Gasteiger partial charge in [-0.25, -0.2) is 5.11 Å². The molecule has 0 saturated carbocycles. The molecule has 0 unspecified atom stereocenters. The van der Waals surface area contributed by atoms with Gasteiger partial charge in [-0.15, -0.1) is 0 Å². The summed E-state index contributed by atoms with van der Waals surface area (Å²) in [6.07, 6.45) is -2.60. The minimum absolute atomic E-state index is 0.103. The van der Waals surface area contributed by atoms with Crippen LogP contribution in [0.5, 0.6) is 0 Å². The molecular formula is C5H11O5. The van der Waals surface area contributed by atoms with Gasteiger partial charge in [0.25, 0.3) is 0 Å². The molecule has 10 heavy (non-hydrogen) atoms. The highest BCUT2D eigenvalue weighted by Gasteiger charge is 2.23. The van der Waals surface area contributed by atoms with Crippen molar-refractivity contribution < 1.29 is 24.8 Å². The second kappa shape index (κ2) is 4.59. The van der Waals surface area contributed by atoms with Crippen molar-refractivity contribution in [3.8, 4) is 0 Å². The maximum absolute atomic E-state index is 9.78. The van der Waals surface area contributed by atoms with E-state index >= 15 is 0 Å². The first-order valence-corrected chi connectivity index (χ1v) is 2.93. The summed E-state index contributed by atoms with van der Waals surface area (Å²) in [5, 5.41) is 27.0. The van der Waals surface area contributed by atoms with Gasteiger partial charge in [0.15, 0.2) is 0 Å². The van der Waals surface area contributed by atoms with Crippen LogP contribution >= 0.6 is 0 Å². The molecular weight excluding hydrogens is 140 g/mol. The summed E-state index contributed by atoms with van der Waals surface area (Å²) >= 11 is 0. The van der Waals surface area contributed by atoms with Crippen molar-refractivity contribution in [2.24, 2.45) is 0 Å². The molecule has 0 aromatic rings. The number of ether oxygens (including phenoxy) is 2. The molecule has 0 aliphatic heterocycles. The van der Waals surface area contributed by atoms with E-state index in [1.165, 1.54) is 0 Å². The Bertz CT molecular complexity index is 82.1. The lowest BCUT2D eigenvalue weighted by Crippen LogP contribution is -2.36. The third-order valence-electron chi connectivity index (χ3n) is 0.706.